The number of anilines is 5. The van der Waals surface area contributed by atoms with Crippen LogP contribution in [0.15, 0.2) is 48.7 Å². The maximum absolute atomic E-state index is 14.5. The number of likely N-dealkylation sites (tertiary alicyclic amines) is 1. The molecule has 1 amide bonds. The van der Waals surface area contributed by atoms with Crippen molar-refractivity contribution in [3.05, 3.63) is 65.1 Å². The summed E-state index contributed by atoms with van der Waals surface area (Å²) < 4.78 is 41.1. The van der Waals surface area contributed by atoms with E-state index >= 15 is 0 Å². The number of aromatic nitrogens is 2. The largest absolute Gasteiger partial charge is 0.339 e. The molecule has 3 aromatic rings. The number of halogens is 2. The van der Waals surface area contributed by atoms with E-state index in [0.717, 1.165) is 12.8 Å². The van der Waals surface area contributed by atoms with Crippen LogP contribution < -0.4 is 15.4 Å². The summed E-state index contributed by atoms with van der Waals surface area (Å²) in [4.78, 5) is 22.8. The van der Waals surface area contributed by atoms with Crippen LogP contribution in [0.5, 0.6) is 0 Å². The molecule has 1 aliphatic heterocycles. The summed E-state index contributed by atoms with van der Waals surface area (Å²) in [7, 11) is -3.51. The van der Waals surface area contributed by atoms with Crippen molar-refractivity contribution in [1.82, 2.24) is 14.9 Å². The monoisotopic (exact) mass is 518 g/mol. The number of hydrogen-bond acceptors (Lipinski definition) is 7. The molecule has 1 saturated heterocycles. The van der Waals surface area contributed by atoms with E-state index in [2.05, 4.69) is 25.3 Å². The molecule has 0 bridgehead atoms. The van der Waals surface area contributed by atoms with Gasteiger partial charge in [-0.2, -0.15) is 4.98 Å². The smallest absolute Gasteiger partial charge is 0.253 e. The van der Waals surface area contributed by atoms with E-state index in [4.69, 9.17) is 11.6 Å². The third kappa shape index (κ3) is 5.98. The summed E-state index contributed by atoms with van der Waals surface area (Å²) in [6, 6.07) is 10.8. The van der Waals surface area contributed by atoms with Crippen molar-refractivity contribution in [2.45, 2.75) is 19.8 Å². The topological polar surface area (TPSA) is 116 Å². The number of hydrogen-bond donors (Lipinski definition) is 3. The molecule has 3 N–H and O–H groups in total. The number of para-hydroxylation sites is 2. The van der Waals surface area contributed by atoms with Crippen LogP contribution in [0.2, 0.25) is 5.02 Å². The summed E-state index contributed by atoms with van der Waals surface area (Å²) in [6.07, 6.45) is 3.24. The van der Waals surface area contributed by atoms with Crippen LogP contribution >= 0.6 is 11.6 Å². The van der Waals surface area contributed by atoms with Gasteiger partial charge in [-0.3, -0.25) is 9.52 Å². The predicted octanol–water partition coefficient (Wildman–Crippen LogP) is 4.75. The van der Waals surface area contributed by atoms with E-state index in [0.29, 0.717) is 30.0 Å². The van der Waals surface area contributed by atoms with E-state index in [9.17, 15) is 17.6 Å². The van der Waals surface area contributed by atoms with Crippen molar-refractivity contribution < 1.29 is 17.6 Å². The number of carbonyl (C=O) groups is 1. The predicted molar refractivity (Wildman–Crippen MR) is 135 cm³/mol. The second-order valence-corrected chi connectivity index (χ2v) is 10.3. The Morgan fingerprint density at radius 2 is 1.80 bits per heavy atom. The molecule has 0 spiro atoms. The zero-order chi connectivity index (χ0) is 25.0. The second kappa shape index (κ2) is 10.4. The van der Waals surface area contributed by atoms with Gasteiger partial charge in [0.1, 0.15) is 10.8 Å². The Morgan fingerprint density at radius 1 is 1.09 bits per heavy atom. The summed E-state index contributed by atoms with van der Waals surface area (Å²) >= 11 is 6.25. The van der Waals surface area contributed by atoms with E-state index in [1.165, 1.54) is 31.3 Å². The fraction of sp³-hybridized carbons (Fsp3) is 0.261. The SMILES string of the molecule is CCS(=O)(=O)Nc1ccccc1Nc1nc(Nc2cc(C(=O)N3CCCC3)ccc2F)ncc1Cl. The lowest BCUT2D eigenvalue weighted by molar-refractivity contribution is 0.0793. The van der Waals surface area contributed by atoms with Gasteiger partial charge in [0, 0.05) is 18.7 Å². The van der Waals surface area contributed by atoms with E-state index < -0.39 is 15.8 Å². The first-order valence-corrected chi connectivity index (χ1v) is 13.0. The Bertz CT molecular complexity index is 1350. The van der Waals surface area contributed by atoms with Crippen molar-refractivity contribution in [1.29, 1.82) is 0 Å². The van der Waals surface area contributed by atoms with Crippen LogP contribution in [0.1, 0.15) is 30.1 Å². The lowest BCUT2D eigenvalue weighted by Crippen LogP contribution is -2.27. The highest BCUT2D eigenvalue weighted by molar-refractivity contribution is 7.92. The number of nitrogens with zero attached hydrogens (tertiary/aromatic N) is 3. The molecule has 12 heteroatoms. The third-order valence-electron chi connectivity index (χ3n) is 5.42. The van der Waals surface area contributed by atoms with Crippen LogP contribution in [0, 0.1) is 5.82 Å². The van der Waals surface area contributed by atoms with Gasteiger partial charge in [0.05, 0.1) is 29.0 Å². The molecule has 0 radical (unpaired) electrons. The molecule has 0 unspecified atom stereocenters. The number of carbonyl (C=O) groups excluding carboxylic acids is 1. The quantitative estimate of drug-likeness (QED) is 0.394. The molecule has 9 nitrogen and oxygen atoms in total. The minimum absolute atomic E-state index is 0.0354. The van der Waals surface area contributed by atoms with Crippen LogP contribution in [0.3, 0.4) is 0 Å². The molecule has 0 saturated carbocycles. The summed E-state index contributed by atoms with van der Waals surface area (Å²) in [5.74, 6) is -0.606. The van der Waals surface area contributed by atoms with Crippen molar-refractivity contribution in [3.63, 3.8) is 0 Å². The van der Waals surface area contributed by atoms with Gasteiger partial charge in [0.2, 0.25) is 16.0 Å². The minimum atomic E-state index is -3.51. The van der Waals surface area contributed by atoms with Crippen molar-refractivity contribution >= 4 is 56.4 Å². The van der Waals surface area contributed by atoms with Gasteiger partial charge >= 0.3 is 0 Å². The van der Waals surface area contributed by atoms with Crippen LogP contribution in [0.4, 0.5) is 33.2 Å². The maximum Gasteiger partial charge on any atom is 0.253 e. The van der Waals surface area contributed by atoms with Crippen LogP contribution in [0.25, 0.3) is 0 Å². The summed E-state index contributed by atoms with van der Waals surface area (Å²) in [5.41, 5.74) is 1.14. The molecule has 2 heterocycles. The molecule has 184 valence electrons. The first-order chi connectivity index (χ1) is 16.8. The lowest BCUT2D eigenvalue weighted by atomic mass is 10.1. The van der Waals surface area contributed by atoms with Crippen LogP contribution in [-0.4, -0.2) is 48.0 Å². The standard InChI is InChI=1S/C23H24ClFN6O3S/c1-2-35(33,34)30-19-8-4-3-7-18(19)27-21-16(24)14-26-23(29-21)28-20-13-15(9-10-17(20)25)22(32)31-11-5-6-12-31/h3-4,7-10,13-14,30H,2,5-6,11-12H2,1H3,(H2,26,27,28,29). The van der Waals surface area contributed by atoms with Gasteiger partial charge in [0.25, 0.3) is 5.91 Å². The average Bonchev–Trinajstić information content (AvgIpc) is 3.38. The number of amides is 1. The van der Waals surface area contributed by atoms with E-state index in [1.807, 2.05) is 0 Å². The first-order valence-electron chi connectivity index (χ1n) is 11.0. The van der Waals surface area contributed by atoms with Crippen molar-refractivity contribution in [2.75, 3.05) is 34.2 Å². The molecule has 0 atom stereocenters. The molecule has 2 aromatic carbocycles. The van der Waals surface area contributed by atoms with Crippen molar-refractivity contribution in [3.8, 4) is 0 Å². The van der Waals surface area contributed by atoms with Gasteiger partial charge in [-0.05, 0) is 50.1 Å². The van der Waals surface area contributed by atoms with E-state index in [1.54, 1.807) is 29.2 Å². The highest BCUT2D eigenvalue weighted by Crippen LogP contribution is 2.30. The van der Waals surface area contributed by atoms with Gasteiger partial charge < -0.3 is 15.5 Å². The Hall–Kier alpha value is -3.44. The normalized spacial score (nSPS) is 13.5. The van der Waals surface area contributed by atoms with Crippen LogP contribution in [-0.2, 0) is 10.0 Å². The minimum Gasteiger partial charge on any atom is -0.339 e. The number of rotatable bonds is 8. The molecule has 1 aliphatic rings. The molecule has 4 rings (SSSR count). The number of nitrogens with one attached hydrogen (secondary N) is 3. The second-order valence-electron chi connectivity index (χ2n) is 7.89. The fourth-order valence-electron chi connectivity index (χ4n) is 3.54. The van der Waals surface area contributed by atoms with Gasteiger partial charge in [-0.25, -0.2) is 17.8 Å². The van der Waals surface area contributed by atoms with Gasteiger partial charge in [-0.15, -0.1) is 0 Å². The fourth-order valence-corrected chi connectivity index (χ4v) is 4.34. The Balaban J connectivity index is 1.57. The Morgan fingerprint density at radius 3 is 2.51 bits per heavy atom. The van der Waals surface area contributed by atoms with Gasteiger partial charge in [-0.1, -0.05) is 23.7 Å². The highest BCUT2D eigenvalue weighted by Gasteiger charge is 2.21. The lowest BCUT2D eigenvalue weighted by Gasteiger charge is -2.16. The number of sulfonamides is 1. The molecule has 0 aliphatic carbocycles. The zero-order valence-corrected chi connectivity index (χ0v) is 20.5. The Kier molecular flexibility index (Phi) is 7.37. The van der Waals surface area contributed by atoms with Crippen molar-refractivity contribution in [2.24, 2.45) is 0 Å². The molecular formula is C23H24ClFN6O3S. The molecule has 1 aromatic heterocycles. The number of benzene rings is 2. The Labute approximate surface area is 207 Å². The van der Waals surface area contributed by atoms with E-state index in [-0.39, 0.29) is 34.1 Å². The molecule has 1 fully saturated rings. The summed E-state index contributed by atoms with van der Waals surface area (Å²) in [6.45, 7) is 2.90. The first kappa shape index (κ1) is 24.7. The molecular weight excluding hydrogens is 495 g/mol. The maximum atomic E-state index is 14.5. The molecule has 35 heavy (non-hydrogen) atoms. The third-order valence-corrected chi connectivity index (χ3v) is 6.99. The summed E-state index contributed by atoms with van der Waals surface area (Å²) in [5, 5.41) is 5.95. The zero-order valence-electron chi connectivity index (χ0n) is 18.9. The average molecular weight is 519 g/mol. The highest BCUT2D eigenvalue weighted by atomic mass is 35.5. The van der Waals surface area contributed by atoms with Gasteiger partial charge in [0.15, 0.2) is 5.82 Å².